The molecule has 1 rings (SSSR count). The lowest BCUT2D eigenvalue weighted by Gasteiger charge is -2.22. The summed E-state index contributed by atoms with van der Waals surface area (Å²) in [6, 6.07) is 5.07. The summed E-state index contributed by atoms with van der Waals surface area (Å²) in [6.07, 6.45) is -5.18. The van der Waals surface area contributed by atoms with E-state index >= 15 is 0 Å². The molecule has 0 atom stereocenters. The van der Waals surface area contributed by atoms with E-state index in [0.717, 1.165) is 5.56 Å². The Morgan fingerprint density at radius 3 is 2.33 bits per heavy atom. The molecule has 0 heterocycles. The molecule has 6 heteroatoms. The SMILES string of the molecule is COc1ccc(OCCC(F)(F)F)c(CNC(C)(C)C)c1. The van der Waals surface area contributed by atoms with Gasteiger partial charge in [0.25, 0.3) is 0 Å². The molecule has 3 nitrogen and oxygen atoms in total. The van der Waals surface area contributed by atoms with Gasteiger partial charge in [-0.2, -0.15) is 13.2 Å². The zero-order valence-electron chi connectivity index (χ0n) is 12.8. The normalized spacial score (nSPS) is 12.3. The molecule has 21 heavy (non-hydrogen) atoms. The third-order valence-electron chi connectivity index (χ3n) is 2.72. The van der Waals surface area contributed by atoms with Gasteiger partial charge in [-0.05, 0) is 39.0 Å². The van der Waals surface area contributed by atoms with E-state index in [-0.39, 0.29) is 5.54 Å². The molecule has 0 amide bonds. The lowest BCUT2D eigenvalue weighted by Crippen LogP contribution is -2.35. The molecule has 0 fully saturated rings. The zero-order valence-corrected chi connectivity index (χ0v) is 12.8. The average Bonchev–Trinajstić information content (AvgIpc) is 2.35. The molecule has 1 aromatic carbocycles. The Hall–Kier alpha value is -1.43. The molecular formula is C15H22F3NO2. The van der Waals surface area contributed by atoms with Gasteiger partial charge in [-0.15, -0.1) is 0 Å². The van der Waals surface area contributed by atoms with E-state index < -0.39 is 19.2 Å². The van der Waals surface area contributed by atoms with Gasteiger partial charge in [0.2, 0.25) is 0 Å². The van der Waals surface area contributed by atoms with Gasteiger partial charge < -0.3 is 14.8 Å². The van der Waals surface area contributed by atoms with Crippen LogP contribution in [0.5, 0.6) is 11.5 Å². The van der Waals surface area contributed by atoms with E-state index in [1.54, 1.807) is 25.3 Å². The number of nitrogens with one attached hydrogen (secondary N) is 1. The van der Waals surface area contributed by atoms with Crippen LogP contribution in [-0.2, 0) is 6.54 Å². The highest BCUT2D eigenvalue weighted by atomic mass is 19.4. The smallest absolute Gasteiger partial charge is 0.392 e. The molecule has 120 valence electrons. The van der Waals surface area contributed by atoms with Crippen LogP contribution in [0.25, 0.3) is 0 Å². The lowest BCUT2D eigenvalue weighted by atomic mass is 10.1. The maximum atomic E-state index is 12.2. The summed E-state index contributed by atoms with van der Waals surface area (Å²) in [7, 11) is 1.54. The van der Waals surface area contributed by atoms with E-state index in [9.17, 15) is 13.2 Å². The standard InChI is InChI=1S/C15H22F3NO2/c1-14(2,3)19-10-11-9-12(20-4)5-6-13(11)21-8-7-15(16,17)18/h5-6,9,19H,7-8,10H2,1-4H3. The van der Waals surface area contributed by atoms with Crippen molar-refractivity contribution in [3.8, 4) is 11.5 Å². The van der Waals surface area contributed by atoms with Crippen molar-refractivity contribution in [2.75, 3.05) is 13.7 Å². The molecule has 0 bridgehead atoms. The van der Waals surface area contributed by atoms with Crippen molar-refractivity contribution in [1.29, 1.82) is 0 Å². The van der Waals surface area contributed by atoms with Crippen molar-refractivity contribution in [1.82, 2.24) is 5.32 Å². The van der Waals surface area contributed by atoms with Crippen molar-refractivity contribution < 1.29 is 22.6 Å². The van der Waals surface area contributed by atoms with Gasteiger partial charge in [-0.3, -0.25) is 0 Å². The van der Waals surface area contributed by atoms with E-state index in [4.69, 9.17) is 9.47 Å². The minimum Gasteiger partial charge on any atom is -0.497 e. The summed E-state index contributed by atoms with van der Waals surface area (Å²) in [5.74, 6) is 1.08. The topological polar surface area (TPSA) is 30.5 Å². The summed E-state index contributed by atoms with van der Waals surface area (Å²) < 4.78 is 46.9. The maximum absolute atomic E-state index is 12.2. The fourth-order valence-electron chi connectivity index (χ4n) is 1.60. The molecule has 0 aliphatic carbocycles. The Morgan fingerprint density at radius 1 is 1.14 bits per heavy atom. The Labute approximate surface area is 123 Å². The van der Waals surface area contributed by atoms with Gasteiger partial charge in [-0.1, -0.05) is 0 Å². The van der Waals surface area contributed by atoms with E-state index in [1.807, 2.05) is 20.8 Å². The fraction of sp³-hybridized carbons (Fsp3) is 0.600. The molecule has 0 aromatic heterocycles. The first-order valence-corrected chi connectivity index (χ1v) is 6.72. The van der Waals surface area contributed by atoms with Gasteiger partial charge in [0.15, 0.2) is 0 Å². The molecule has 0 spiro atoms. The molecule has 1 aromatic rings. The molecule has 0 unspecified atom stereocenters. The monoisotopic (exact) mass is 305 g/mol. The highest BCUT2D eigenvalue weighted by Crippen LogP contribution is 2.26. The van der Waals surface area contributed by atoms with E-state index in [0.29, 0.717) is 18.0 Å². The number of hydrogen-bond acceptors (Lipinski definition) is 3. The molecule has 1 N–H and O–H groups in total. The van der Waals surface area contributed by atoms with Crippen LogP contribution in [0.1, 0.15) is 32.8 Å². The van der Waals surface area contributed by atoms with Crippen LogP contribution in [0.4, 0.5) is 13.2 Å². The second kappa shape index (κ2) is 7.02. The predicted octanol–water partition coefficient (Wildman–Crippen LogP) is 3.91. The molecule has 0 aliphatic rings. The first kappa shape index (κ1) is 17.6. The largest absolute Gasteiger partial charge is 0.497 e. The Bertz CT molecular complexity index is 453. The number of rotatable bonds is 6. The zero-order chi connectivity index (χ0) is 16.1. The van der Waals surface area contributed by atoms with Crippen molar-refractivity contribution in [2.45, 2.75) is 45.5 Å². The molecule has 0 radical (unpaired) electrons. The summed E-state index contributed by atoms with van der Waals surface area (Å²) >= 11 is 0. The fourth-order valence-corrected chi connectivity index (χ4v) is 1.60. The highest BCUT2D eigenvalue weighted by molar-refractivity contribution is 5.40. The minimum atomic E-state index is -4.21. The second-order valence-electron chi connectivity index (χ2n) is 5.79. The summed E-state index contributed by atoms with van der Waals surface area (Å²) in [5, 5.41) is 3.28. The maximum Gasteiger partial charge on any atom is 0.392 e. The van der Waals surface area contributed by atoms with Gasteiger partial charge >= 0.3 is 6.18 Å². The summed E-state index contributed by atoms with van der Waals surface area (Å²) in [5.41, 5.74) is 0.665. The molecule has 0 saturated heterocycles. The van der Waals surface area contributed by atoms with Crippen LogP contribution < -0.4 is 14.8 Å². The lowest BCUT2D eigenvalue weighted by molar-refractivity contribution is -0.139. The number of hydrogen-bond donors (Lipinski definition) is 1. The van der Waals surface area contributed by atoms with Crippen molar-refractivity contribution in [3.63, 3.8) is 0 Å². The number of alkyl halides is 3. The Kier molecular flexibility index (Phi) is 5.89. The highest BCUT2D eigenvalue weighted by Gasteiger charge is 2.27. The number of ether oxygens (including phenoxy) is 2. The van der Waals surface area contributed by atoms with Crippen LogP contribution in [0.15, 0.2) is 18.2 Å². The Morgan fingerprint density at radius 2 is 1.81 bits per heavy atom. The van der Waals surface area contributed by atoms with Crippen molar-refractivity contribution >= 4 is 0 Å². The van der Waals surface area contributed by atoms with Crippen molar-refractivity contribution in [2.24, 2.45) is 0 Å². The predicted molar refractivity (Wildman–Crippen MR) is 75.8 cm³/mol. The molecule has 0 saturated carbocycles. The number of methoxy groups -OCH3 is 1. The first-order chi connectivity index (χ1) is 9.61. The second-order valence-corrected chi connectivity index (χ2v) is 5.79. The average molecular weight is 305 g/mol. The third-order valence-corrected chi connectivity index (χ3v) is 2.72. The Balaban J connectivity index is 2.76. The quantitative estimate of drug-likeness (QED) is 0.864. The number of halogens is 3. The summed E-state index contributed by atoms with van der Waals surface area (Å²) in [6.45, 7) is 6.13. The molecular weight excluding hydrogens is 283 g/mol. The minimum absolute atomic E-state index is 0.105. The summed E-state index contributed by atoms with van der Waals surface area (Å²) in [4.78, 5) is 0. The van der Waals surface area contributed by atoms with Crippen LogP contribution in [0.2, 0.25) is 0 Å². The van der Waals surface area contributed by atoms with Gasteiger partial charge in [0, 0.05) is 17.6 Å². The van der Waals surface area contributed by atoms with Gasteiger partial charge in [0.05, 0.1) is 20.1 Å². The van der Waals surface area contributed by atoms with E-state index in [2.05, 4.69) is 5.32 Å². The third kappa shape index (κ3) is 7.22. The molecule has 0 aliphatic heterocycles. The van der Waals surface area contributed by atoms with Crippen molar-refractivity contribution in [3.05, 3.63) is 23.8 Å². The van der Waals surface area contributed by atoms with Crippen LogP contribution in [0, 0.1) is 0 Å². The first-order valence-electron chi connectivity index (χ1n) is 6.72. The van der Waals surface area contributed by atoms with E-state index in [1.165, 1.54) is 0 Å². The van der Waals surface area contributed by atoms with Crippen LogP contribution >= 0.6 is 0 Å². The van der Waals surface area contributed by atoms with Gasteiger partial charge in [-0.25, -0.2) is 0 Å². The number of benzene rings is 1. The van der Waals surface area contributed by atoms with Crippen LogP contribution in [0.3, 0.4) is 0 Å². The van der Waals surface area contributed by atoms with Crippen LogP contribution in [-0.4, -0.2) is 25.4 Å². The van der Waals surface area contributed by atoms with Gasteiger partial charge in [0.1, 0.15) is 11.5 Å².